The fourth-order valence-corrected chi connectivity index (χ4v) is 4.28. The molecule has 0 saturated carbocycles. The van der Waals surface area contributed by atoms with Crippen molar-refractivity contribution in [3.63, 3.8) is 0 Å². The number of allylic oxidation sites excluding steroid dienone is 9. The van der Waals surface area contributed by atoms with Gasteiger partial charge in [0.25, 0.3) is 0 Å². The van der Waals surface area contributed by atoms with Gasteiger partial charge in [0, 0.05) is 19.2 Å². The van der Waals surface area contributed by atoms with Gasteiger partial charge in [-0.3, -0.25) is 4.79 Å². The van der Waals surface area contributed by atoms with E-state index in [1.807, 2.05) is 19.1 Å². The normalized spacial score (nSPS) is 22.7. The number of carbonyl (C=O) groups is 1. The van der Waals surface area contributed by atoms with E-state index in [-0.39, 0.29) is 17.6 Å². The molecule has 0 spiro atoms. The zero-order chi connectivity index (χ0) is 23.4. The van der Waals surface area contributed by atoms with Crippen molar-refractivity contribution in [2.75, 3.05) is 19.8 Å². The molecule has 1 saturated heterocycles. The maximum absolute atomic E-state index is 12.1. The van der Waals surface area contributed by atoms with E-state index in [1.165, 1.54) is 42.4 Å². The van der Waals surface area contributed by atoms with E-state index in [2.05, 4.69) is 51.2 Å². The van der Waals surface area contributed by atoms with Crippen LogP contribution in [0.1, 0.15) is 79.6 Å². The van der Waals surface area contributed by atoms with Gasteiger partial charge in [0.15, 0.2) is 6.29 Å². The summed E-state index contributed by atoms with van der Waals surface area (Å²) in [6.45, 7) is 13.0. The molecule has 1 N–H and O–H groups in total. The third-order valence-corrected chi connectivity index (χ3v) is 6.19. The van der Waals surface area contributed by atoms with Crippen LogP contribution >= 0.6 is 0 Å². The first-order valence-corrected chi connectivity index (χ1v) is 12.2. The summed E-state index contributed by atoms with van der Waals surface area (Å²) in [4.78, 5) is 12.1. The first kappa shape index (κ1) is 26.3. The molecule has 1 aliphatic carbocycles. The SMILES string of the molecule is CC(C=CC1=C(C)CCCC1(C)C)=CC=C/C(C)=C\C(=O)NCCCOC1CCCCO1. The lowest BCUT2D eigenvalue weighted by atomic mass is 9.72. The van der Waals surface area contributed by atoms with Gasteiger partial charge in [0.1, 0.15) is 0 Å². The second-order valence-corrected chi connectivity index (χ2v) is 9.73. The monoisotopic (exact) mass is 441 g/mol. The average molecular weight is 442 g/mol. The van der Waals surface area contributed by atoms with Crippen LogP contribution in [0.2, 0.25) is 0 Å². The summed E-state index contributed by atoms with van der Waals surface area (Å²) >= 11 is 0. The number of rotatable bonds is 10. The fraction of sp³-hybridized carbons (Fsp3) is 0.607. The van der Waals surface area contributed by atoms with Gasteiger partial charge in [-0.05, 0) is 82.3 Å². The molecule has 0 bridgehead atoms. The molecular formula is C28H43NO3. The van der Waals surface area contributed by atoms with Gasteiger partial charge in [0.2, 0.25) is 5.91 Å². The molecule has 0 aromatic carbocycles. The summed E-state index contributed by atoms with van der Waals surface area (Å²) < 4.78 is 11.2. The molecule has 32 heavy (non-hydrogen) atoms. The van der Waals surface area contributed by atoms with Crippen molar-refractivity contribution in [2.24, 2.45) is 5.41 Å². The van der Waals surface area contributed by atoms with Gasteiger partial charge in [-0.2, -0.15) is 0 Å². The van der Waals surface area contributed by atoms with Crippen molar-refractivity contribution in [1.29, 1.82) is 0 Å². The van der Waals surface area contributed by atoms with Gasteiger partial charge < -0.3 is 14.8 Å². The van der Waals surface area contributed by atoms with Crippen LogP contribution in [0.3, 0.4) is 0 Å². The number of nitrogens with one attached hydrogen (secondary N) is 1. The molecule has 0 aromatic heterocycles. The summed E-state index contributed by atoms with van der Waals surface area (Å²) in [5.74, 6) is -0.0661. The zero-order valence-corrected chi connectivity index (χ0v) is 20.8. The highest BCUT2D eigenvalue weighted by molar-refractivity contribution is 5.88. The Morgan fingerprint density at radius 2 is 2.00 bits per heavy atom. The molecule has 178 valence electrons. The van der Waals surface area contributed by atoms with Crippen LogP contribution in [0, 0.1) is 5.41 Å². The van der Waals surface area contributed by atoms with Crippen molar-refractivity contribution < 1.29 is 14.3 Å². The Labute approximate surface area is 195 Å². The second kappa shape index (κ2) is 13.6. The summed E-state index contributed by atoms with van der Waals surface area (Å²) in [5.41, 5.74) is 5.37. The Balaban J connectivity index is 1.72. The summed E-state index contributed by atoms with van der Waals surface area (Å²) in [6.07, 6.45) is 19.9. The Hall–Kier alpha value is -1.91. The quantitative estimate of drug-likeness (QED) is 0.237. The largest absolute Gasteiger partial charge is 0.353 e. The number of hydrogen-bond donors (Lipinski definition) is 1. The minimum absolute atomic E-state index is 0.0620. The maximum atomic E-state index is 12.1. The number of hydrogen-bond acceptors (Lipinski definition) is 3. The fourth-order valence-electron chi connectivity index (χ4n) is 4.28. The van der Waals surface area contributed by atoms with Crippen molar-refractivity contribution in [3.05, 3.63) is 58.7 Å². The van der Waals surface area contributed by atoms with Gasteiger partial charge in [-0.25, -0.2) is 0 Å². The van der Waals surface area contributed by atoms with Crippen LogP contribution in [-0.2, 0) is 14.3 Å². The highest BCUT2D eigenvalue weighted by Gasteiger charge is 2.26. The van der Waals surface area contributed by atoms with E-state index >= 15 is 0 Å². The van der Waals surface area contributed by atoms with Gasteiger partial charge in [0.05, 0.1) is 6.61 Å². The maximum Gasteiger partial charge on any atom is 0.244 e. The van der Waals surface area contributed by atoms with Crippen LogP contribution in [0.4, 0.5) is 0 Å². The van der Waals surface area contributed by atoms with Crippen LogP contribution < -0.4 is 5.32 Å². The Morgan fingerprint density at radius 3 is 2.72 bits per heavy atom. The van der Waals surface area contributed by atoms with E-state index in [9.17, 15) is 4.79 Å². The first-order chi connectivity index (χ1) is 15.3. The lowest BCUT2D eigenvalue weighted by Gasteiger charge is -2.32. The lowest BCUT2D eigenvalue weighted by molar-refractivity contribution is -0.162. The number of ether oxygens (including phenoxy) is 2. The topological polar surface area (TPSA) is 47.6 Å². The van der Waals surface area contributed by atoms with E-state index in [0.29, 0.717) is 13.2 Å². The third-order valence-electron chi connectivity index (χ3n) is 6.19. The molecule has 1 amide bonds. The molecule has 4 heteroatoms. The highest BCUT2D eigenvalue weighted by atomic mass is 16.7. The first-order valence-electron chi connectivity index (χ1n) is 12.2. The highest BCUT2D eigenvalue weighted by Crippen LogP contribution is 2.40. The molecule has 4 nitrogen and oxygen atoms in total. The predicted molar refractivity (Wildman–Crippen MR) is 133 cm³/mol. The minimum Gasteiger partial charge on any atom is -0.353 e. The molecule has 1 aliphatic heterocycles. The van der Waals surface area contributed by atoms with Gasteiger partial charge in [-0.15, -0.1) is 0 Å². The van der Waals surface area contributed by atoms with E-state index in [0.717, 1.165) is 31.4 Å². The van der Waals surface area contributed by atoms with Crippen molar-refractivity contribution in [2.45, 2.75) is 85.9 Å². The van der Waals surface area contributed by atoms with E-state index in [1.54, 1.807) is 6.08 Å². The van der Waals surface area contributed by atoms with Crippen molar-refractivity contribution in [1.82, 2.24) is 5.32 Å². The number of amides is 1. The smallest absolute Gasteiger partial charge is 0.244 e. The van der Waals surface area contributed by atoms with Crippen LogP contribution in [0.25, 0.3) is 0 Å². The summed E-state index contributed by atoms with van der Waals surface area (Å²) in [5, 5.41) is 2.92. The lowest BCUT2D eigenvalue weighted by Crippen LogP contribution is -2.26. The zero-order valence-electron chi connectivity index (χ0n) is 20.8. The molecule has 2 aliphatic rings. The third kappa shape index (κ3) is 9.70. The van der Waals surface area contributed by atoms with Gasteiger partial charge >= 0.3 is 0 Å². The van der Waals surface area contributed by atoms with Crippen LogP contribution in [0.15, 0.2) is 58.7 Å². The molecule has 1 heterocycles. The Bertz CT molecular complexity index is 762. The molecule has 2 rings (SSSR count). The average Bonchev–Trinajstić information content (AvgIpc) is 2.73. The number of carbonyl (C=O) groups excluding carboxylic acids is 1. The van der Waals surface area contributed by atoms with Crippen molar-refractivity contribution in [3.8, 4) is 0 Å². The van der Waals surface area contributed by atoms with Gasteiger partial charge in [-0.1, -0.05) is 55.4 Å². The molecule has 1 atom stereocenters. The van der Waals surface area contributed by atoms with Crippen LogP contribution in [-0.4, -0.2) is 32.0 Å². The molecule has 1 unspecified atom stereocenters. The Kier molecular flexibility index (Phi) is 11.2. The minimum atomic E-state index is -0.0661. The van der Waals surface area contributed by atoms with Crippen LogP contribution in [0.5, 0.6) is 0 Å². The summed E-state index contributed by atoms with van der Waals surface area (Å²) in [6, 6.07) is 0. The molecule has 0 radical (unpaired) electrons. The molecule has 0 aromatic rings. The standard InChI is InChI=1S/C28H43NO3/c1-22(15-16-25-24(3)13-9-17-28(25,4)5)11-8-12-23(2)21-26(30)29-18-10-20-32-27-14-6-7-19-31-27/h8,11-12,15-16,21,27H,6-7,9-10,13-14,17-20H2,1-5H3,(H,29,30)/b12-8?,16-15?,22-11?,23-21-. The predicted octanol–water partition coefficient (Wildman–Crippen LogP) is 6.57. The van der Waals surface area contributed by atoms with Crippen molar-refractivity contribution >= 4 is 5.91 Å². The summed E-state index contributed by atoms with van der Waals surface area (Å²) in [7, 11) is 0. The Morgan fingerprint density at radius 1 is 1.19 bits per heavy atom. The van der Waals surface area contributed by atoms with E-state index < -0.39 is 0 Å². The molecular weight excluding hydrogens is 398 g/mol. The molecule has 1 fully saturated rings. The van der Waals surface area contributed by atoms with E-state index in [4.69, 9.17) is 9.47 Å². The second-order valence-electron chi connectivity index (χ2n) is 9.73.